The topological polar surface area (TPSA) is 97.5 Å². The molecule has 4 aromatic rings. The molecule has 292 valence electrons. The lowest BCUT2D eigenvalue weighted by molar-refractivity contribution is -0.152. The van der Waals surface area contributed by atoms with Crippen molar-refractivity contribution in [2.45, 2.75) is 85.4 Å². The number of esters is 1. The number of carbonyl (C=O) groups excluding carboxylic acids is 2. The van der Waals surface area contributed by atoms with Gasteiger partial charge in [-0.25, -0.2) is 0 Å². The fourth-order valence-electron chi connectivity index (χ4n) is 7.48. The Morgan fingerprint density at radius 2 is 1.62 bits per heavy atom. The third-order valence-electron chi connectivity index (χ3n) is 10.8. The molecule has 0 amide bonds. The van der Waals surface area contributed by atoms with Crippen LogP contribution in [-0.4, -0.2) is 62.6 Å². The number of hydrogen-bond acceptors (Lipinski definition) is 7. The number of hydrogen-bond donors (Lipinski definition) is 1. The fourth-order valence-corrected chi connectivity index (χ4v) is 7.84. The Morgan fingerprint density at radius 1 is 0.909 bits per heavy atom. The van der Waals surface area contributed by atoms with Gasteiger partial charge in [0.2, 0.25) is 0 Å². The summed E-state index contributed by atoms with van der Waals surface area (Å²) in [5.74, 6) is 0.0582. The van der Waals surface area contributed by atoms with E-state index in [-0.39, 0.29) is 30.2 Å². The van der Waals surface area contributed by atoms with Crippen molar-refractivity contribution in [1.82, 2.24) is 19.9 Å². The molecule has 0 saturated carbocycles. The highest BCUT2D eigenvalue weighted by molar-refractivity contribution is 14.1. The van der Waals surface area contributed by atoms with Gasteiger partial charge in [-0.15, -0.1) is 5.10 Å². The first-order valence-electron chi connectivity index (χ1n) is 19.8. The van der Waals surface area contributed by atoms with Crippen molar-refractivity contribution in [3.05, 3.63) is 118 Å². The van der Waals surface area contributed by atoms with Crippen LogP contribution in [0.5, 0.6) is 0 Å². The molecular weight excluding hydrogens is 799 g/mol. The molecule has 3 aromatic carbocycles. The minimum absolute atomic E-state index is 0.115. The van der Waals surface area contributed by atoms with Crippen LogP contribution in [0.2, 0.25) is 0 Å². The van der Waals surface area contributed by atoms with Gasteiger partial charge in [-0.05, 0) is 115 Å². The van der Waals surface area contributed by atoms with Crippen molar-refractivity contribution in [1.29, 1.82) is 0 Å². The molecule has 2 heterocycles. The lowest BCUT2D eigenvalue weighted by Crippen LogP contribution is -2.30. The minimum Gasteiger partial charge on any atom is -0.462 e. The van der Waals surface area contributed by atoms with Crippen LogP contribution in [-0.2, 0) is 27.4 Å². The Labute approximate surface area is 341 Å². The number of allylic oxidation sites excluding steroid dienone is 3. The second-order valence-electron chi connectivity index (χ2n) is 15.3. The van der Waals surface area contributed by atoms with Crippen LogP contribution in [0.4, 0.5) is 0 Å². The van der Waals surface area contributed by atoms with E-state index in [0.29, 0.717) is 31.2 Å². The molecule has 0 bridgehead atoms. The average molecular weight is 857 g/mol. The predicted octanol–water partition coefficient (Wildman–Crippen LogP) is 9.57. The smallest absolute Gasteiger partial charge is 0.306 e. The number of ether oxygens (including phenoxy) is 1. The molecule has 5 atom stereocenters. The largest absolute Gasteiger partial charge is 0.462 e. The standard InChI is InChI=1S/C46H57IN4O4/c1-5-45-41(32-52)28-34(3)11-21-44(53)35(4)29-37(27-33(2)12-22-46(54)55-45)23-24-50(30-36-13-19-42(47)20-14-36)25-26-51-31-43(48-49-51)40-17-15-39(16-18-40)38-9-7-6-8-10-38/h6-11,13-21,28,31,33,35,37,41,45,52H,5,12,22-27,29-30,32H2,1-4H3/b21-11+,34-28+/t33-,35+,37+,41+,45+/m0/s1. The number of ketones is 1. The monoisotopic (exact) mass is 856 g/mol. The fraction of sp³-hybridized carbons (Fsp3) is 0.435. The first-order chi connectivity index (χ1) is 26.6. The van der Waals surface area contributed by atoms with Crippen molar-refractivity contribution in [2.75, 3.05) is 19.7 Å². The van der Waals surface area contributed by atoms with Gasteiger partial charge in [0.15, 0.2) is 5.78 Å². The van der Waals surface area contributed by atoms with E-state index in [1.54, 1.807) is 6.08 Å². The molecule has 1 N–H and O–H groups in total. The number of benzene rings is 3. The summed E-state index contributed by atoms with van der Waals surface area (Å²) in [6, 6.07) is 27.5. The summed E-state index contributed by atoms with van der Waals surface area (Å²) in [7, 11) is 0. The number of rotatable bonds is 12. The zero-order valence-corrected chi connectivity index (χ0v) is 35.0. The maximum absolute atomic E-state index is 13.4. The first kappa shape index (κ1) is 42.2. The van der Waals surface area contributed by atoms with Gasteiger partial charge < -0.3 is 9.84 Å². The maximum atomic E-state index is 13.4. The van der Waals surface area contributed by atoms with Crippen molar-refractivity contribution < 1.29 is 19.4 Å². The van der Waals surface area contributed by atoms with Gasteiger partial charge >= 0.3 is 5.97 Å². The number of aromatic nitrogens is 3. The summed E-state index contributed by atoms with van der Waals surface area (Å²) in [6.07, 6.45) is 11.4. The summed E-state index contributed by atoms with van der Waals surface area (Å²) in [5, 5.41) is 19.1. The normalized spacial score (nSPS) is 23.3. The van der Waals surface area contributed by atoms with E-state index < -0.39 is 6.10 Å². The van der Waals surface area contributed by atoms with Crippen LogP contribution >= 0.6 is 22.6 Å². The van der Waals surface area contributed by atoms with Gasteiger partial charge in [0.05, 0.1) is 19.3 Å². The molecule has 1 aliphatic rings. The molecule has 5 rings (SSSR count). The average Bonchev–Trinajstić information content (AvgIpc) is 3.68. The van der Waals surface area contributed by atoms with Gasteiger partial charge in [-0.1, -0.05) is 110 Å². The number of nitrogens with zero attached hydrogens (tertiary/aromatic N) is 4. The summed E-state index contributed by atoms with van der Waals surface area (Å²) in [6.45, 7) is 11.2. The quantitative estimate of drug-likeness (QED) is 0.112. The Morgan fingerprint density at radius 3 is 2.33 bits per heavy atom. The van der Waals surface area contributed by atoms with E-state index in [4.69, 9.17) is 4.74 Å². The number of aliphatic hydroxyl groups excluding tert-OH is 1. The highest BCUT2D eigenvalue weighted by Crippen LogP contribution is 2.29. The van der Waals surface area contributed by atoms with Gasteiger partial charge in [-0.3, -0.25) is 19.2 Å². The van der Waals surface area contributed by atoms with E-state index in [9.17, 15) is 14.7 Å². The molecule has 1 aromatic heterocycles. The van der Waals surface area contributed by atoms with Crippen LogP contribution in [0.25, 0.3) is 22.4 Å². The molecule has 9 heteroatoms. The molecule has 0 radical (unpaired) electrons. The third-order valence-corrected chi connectivity index (χ3v) is 11.5. The minimum atomic E-state index is -0.402. The second-order valence-corrected chi connectivity index (χ2v) is 16.6. The Hall–Kier alpha value is -3.93. The van der Waals surface area contributed by atoms with E-state index in [2.05, 4.69) is 118 Å². The summed E-state index contributed by atoms with van der Waals surface area (Å²) in [4.78, 5) is 28.8. The molecule has 55 heavy (non-hydrogen) atoms. The highest BCUT2D eigenvalue weighted by atomic mass is 127. The second kappa shape index (κ2) is 21.4. The number of carbonyl (C=O) groups is 2. The lowest BCUT2D eigenvalue weighted by atomic mass is 9.83. The number of cyclic esters (lactones) is 1. The first-order valence-corrected chi connectivity index (χ1v) is 20.9. The van der Waals surface area contributed by atoms with E-state index in [1.807, 2.05) is 49.9 Å². The van der Waals surface area contributed by atoms with Crippen LogP contribution in [0.1, 0.15) is 71.8 Å². The molecule has 0 spiro atoms. The molecule has 0 aliphatic carbocycles. The summed E-state index contributed by atoms with van der Waals surface area (Å²) in [5.41, 5.74) is 6.37. The van der Waals surface area contributed by atoms with Crippen LogP contribution in [0.3, 0.4) is 0 Å². The lowest BCUT2D eigenvalue weighted by Gasteiger charge is -2.28. The molecule has 0 saturated heterocycles. The highest BCUT2D eigenvalue weighted by Gasteiger charge is 2.25. The Bertz CT molecular complexity index is 1850. The zero-order valence-electron chi connectivity index (χ0n) is 32.8. The SMILES string of the molecule is CC[C@H]1OC(=O)CC[C@H](C)C[C@@H](CCN(CCn2cc(-c3ccc(-c4ccccc4)cc3)nn2)Cc2ccc(I)cc2)C[C@@H](C)C(=O)/C=C/C(C)=C/[C@@H]1CO. The van der Waals surface area contributed by atoms with Crippen molar-refractivity contribution >= 4 is 34.3 Å². The molecule has 0 fully saturated rings. The summed E-state index contributed by atoms with van der Waals surface area (Å²) >= 11 is 2.35. The maximum Gasteiger partial charge on any atom is 0.306 e. The third kappa shape index (κ3) is 13.4. The van der Waals surface area contributed by atoms with Crippen LogP contribution in [0, 0.1) is 27.2 Å². The predicted molar refractivity (Wildman–Crippen MR) is 229 cm³/mol. The van der Waals surface area contributed by atoms with Crippen molar-refractivity contribution in [2.24, 2.45) is 23.7 Å². The van der Waals surface area contributed by atoms with Crippen molar-refractivity contribution in [3.63, 3.8) is 0 Å². The Balaban J connectivity index is 1.28. The van der Waals surface area contributed by atoms with Gasteiger partial charge in [0, 0.05) is 40.5 Å². The van der Waals surface area contributed by atoms with Gasteiger partial charge in [0.1, 0.15) is 11.8 Å². The van der Waals surface area contributed by atoms with E-state index >= 15 is 0 Å². The summed E-state index contributed by atoms with van der Waals surface area (Å²) < 4.78 is 9.01. The number of aliphatic hydroxyl groups is 1. The van der Waals surface area contributed by atoms with Gasteiger partial charge in [0.25, 0.3) is 0 Å². The molecule has 1 aliphatic heterocycles. The van der Waals surface area contributed by atoms with E-state index in [1.165, 1.54) is 20.3 Å². The molecule has 8 nitrogen and oxygen atoms in total. The molecule has 0 unspecified atom stereocenters. The van der Waals surface area contributed by atoms with Crippen LogP contribution < -0.4 is 0 Å². The van der Waals surface area contributed by atoms with Crippen LogP contribution in [0.15, 0.2) is 109 Å². The molecular formula is C46H57IN4O4. The zero-order chi connectivity index (χ0) is 39.2. The number of halogens is 1. The Kier molecular flexibility index (Phi) is 16.4. The van der Waals surface area contributed by atoms with Gasteiger partial charge in [-0.2, -0.15) is 0 Å². The van der Waals surface area contributed by atoms with Crippen molar-refractivity contribution in [3.8, 4) is 22.4 Å². The van der Waals surface area contributed by atoms with E-state index in [0.717, 1.165) is 62.1 Å².